The van der Waals surface area contributed by atoms with E-state index in [1.807, 2.05) is 37.3 Å². The van der Waals surface area contributed by atoms with Gasteiger partial charge in [0.05, 0.1) is 24.5 Å². The van der Waals surface area contributed by atoms with Gasteiger partial charge in [-0.1, -0.05) is 37.3 Å². The first-order chi connectivity index (χ1) is 16.8. The number of nitrogens with two attached hydrogens (primary N) is 1. The quantitative estimate of drug-likeness (QED) is 0.292. The summed E-state index contributed by atoms with van der Waals surface area (Å²) in [5, 5.41) is 2.92. The molecule has 0 fully saturated rings. The minimum absolute atomic E-state index is 0.0825. The van der Waals surface area contributed by atoms with Crippen LogP contribution in [-0.2, 0) is 16.1 Å². The first kappa shape index (κ1) is 25.8. The summed E-state index contributed by atoms with van der Waals surface area (Å²) in [5.74, 6) is -1.23. The standard InChI is InChI=1S/C26H28N2O6S/c1-4-13-33-20-12-11-18(14-19(20)27)23(29)28-24-21(25(30)32-5-2)16(3)22(35-24)26(31)34-15-17-9-7-6-8-10-17/h6-12,14H,4-5,13,15,27H2,1-3H3,(H,28,29). The second kappa shape index (κ2) is 12.0. The van der Waals surface area contributed by atoms with Gasteiger partial charge >= 0.3 is 11.9 Å². The highest BCUT2D eigenvalue weighted by molar-refractivity contribution is 7.18. The number of anilines is 2. The summed E-state index contributed by atoms with van der Waals surface area (Å²) in [6.45, 7) is 6.02. The lowest BCUT2D eigenvalue weighted by molar-refractivity contribution is 0.0477. The minimum Gasteiger partial charge on any atom is -0.491 e. The lowest BCUT2D eigenvalue weighted by Crippen LogP contribution is -2.15. The number of benzene rings is 2. The Balaban J connectivity index is 1.84. The van der Waals surface area contributed by atoms with E-state index in [2.05, 4.69) is 5.32 Å². The maximum Gasteiger partial charge on any atom is 0.349 e. The van der Waals surface area contributed by atoms with Gasteiger partial charge in [0.1, 0.15) is 22.2 Å². The van der Waals surface area contributed by atoms with Crippen LogP contribution in [-0.4, -0.2) is 31.1 Å². The van der Waals surface area contributed by atoms with Gasteiger partial charge in [-0.15, -0.1) is 11.3 Å². The van der Waals surface area contributed by atoms with Crippen LogP contribution < -0.4 is 15.8 Å². The molecule has 1 aromatic heterocycles. The Hall–Kier alpha value is -3.85. The molecule has 35 heavy (non-hydrogen) atoms. The SMILES string of the molecule is CCCOc1ccc(C(=O)Nc2sc(C(=O)OCc3ccccc3)c(C)c2C(=O)OCC)cc1N. The number of amides is 1. The van der Waals surface area contributed by atoms with Crippen molar-refractivity contribution in [3.05, 3.63) is 75.7 Å². The molecule has 0 unspecified atom stereocenters. The third-order valence-corrected chi connectivity index (χ3v) is 6.17. The van der Waals surface area contributed by atoms with Crippen molar-refractivity contribution in [3.8, 4) is 5.75 Å². The molecule has 3 aromatic rings. The van der Waals surface area contributed by atoms with Gasteiger partial charge in [-0.25, -0.2) is 9.59 Å². The lowest BCUT2D eigenvalue weighted by Gasteiger charge is -2.10. The maximum atomic E-state index is 13.0. The fourth-order valence-corrected chi connectivity index (χ4v) is 4.33. The van der Waals surface area contributed by atoms with Crippen molar-refractivity contribution in [1.82, 2.24) is 0 Å². The Bertz CT molecular complexity index is 1210. The number of hydrogen-bond acceptors (Lipinski definition) is 8. The molecule has 0 saturated heterocycles. The highest BCUT2D eigenvalue weighted by atomic mass is 32.1. The average Bonchev–Trinajstić information content (AvgIpc) is 3.18. The first-order valence-corrected chi connectivity index (χ1v) is 12.0. The second-order valence-electron chi connectivity index (χ2n) is 7.60. The van der Waals surface area contributed by atoms with Crippen LogP contribution in [0.25, 0.3) is 0 Å². The van der Waals surface area contributed by atoms with Crippen LogP contribution in [0.5, 0.6) is 5.75 Å². The van der Waals surface area contributed by atoms with Gasteiger partial charge < -0.3 is 25.3 Å². The van der Waals surface area contributed by atoms with E-state index in [9.17, 15) is 14.4 Å². The van der Waals surface area contributed by atoms with Gasteiger partial charge in [0.25, 0.3) is 5.91 Å². The maximum absolute atomic E-state index is 13.0. The topological polar surface area (TPSA) is 117 Å². The number of hydrogen-bond donors (Lipinski definition) is 2. The average molecular weight is 497 g/mol. The van der Waals surface area contributed by atoms with Gasteiger partial charge in [0.15, 0.2) is 0 Å². The molecular weight excluding hydrogens is 468 g/mol. The molecule has 3 N–H and O–H groups in total. The summed E-state index contributed by atoms with van der Waals surface area (Å²) < 4.78 is 16.1. The Morgan fingerprint density at radius 1 is 1.00 bits per heavy atom. The molecule has 0 aliphatic rings. The first-order valence-electron chi connectivity index (χ1n) is 11.2. The summed E-state index contributed by atoms with van der Waals surface area (Å²) in [6, 6.07) is 14.0. The van der Waals surface area contributed by atoms with Crippen molar-refractivity contribution in [2.75, 3.05) is 24.3 Å². The summed E-state index contributed by atoms with van der Waals surface area (Å²) >= 11 is 0.962. The van der Waals surface area contributed by atoms with Gasteiger partial charge in [-0.3, -0.25) is 4.79 Å². The smallest absolute Gasteiger partial charge is 0.349 e. The number of ether oxygens (including phenoxy) is 3. The van der Waals surface area contributed by atoms with Crippen molar-refractivity contribution >= 4 is 39.9 Å². The summed E-state index contributed by atoms with van der Waals surface area (Å²) in [5.41, 5.74) is 7.95. The number of nitrogens with one attached hydrogen (secondary N) is 1. The largest absolute Gasteiger partial charge is 0.491 e. The van der Waals surface area contributed by atoms with E-state index in [0.717, 1.165) is 23.3 Å². The molecule has 3 rings (SSSR count). The third kappa shape index (κ3) is 6.39. The van der Waals surface area contributed by atoms with E-state index < -0.39 is 17.8 Å². The predicted octanol–water partition coefficient (Wildman–Crippen LogP) is 5.21. The summed E-state index contributed by atoms with van der Waals surface area (Å²) in [6.07, 6.45) is 0.826. The fourth-order valence-electron chi connectivity index (χ4n) is 3.24. The summed E-state index contributed by atoms with van der Waals surface area (Å²) in [4.78, 5) is 38.6. The second-order valence-corrected chi connectivity index (χ2v) is 8.62. The molecule has 0 radical (unpaired) electrons. The number of carbonyl (C=O) groups excluding carboxylic acids is 3. The molecule has 0 saturated carbocycles. The van der Waals surface area contributed by atoms with Crippen molar-refractivity contribution < 1.29 is 28.6 Å². The zero-order chi connectivity index (χ0) is 25.4. The van der Waals surface area contributed by atoms with Crippen LogP contribution in [0.4, 0.5) is 10.7 Å². The Morgan fingerprint density at radius 2 is 1.74 bits per heavy atom. The van der Waals surface area contributed by atoms with Gasteiger partial charge in [0, 0.05) is 5.56 Å². The molecule has 184 valence electrons. The molecule has 0 spiro atoms. The molecular formula is C26H28N2O6S. The number of rotatable bonds is 10. The predicted molar refractivity (Wildman–Crippen MR) is 135 cm³/mol. The molecule has 0 aliphatic carbocycles. The fraction of sp³-hybridized carbons (Fsp3) is 0.269. The van der Waals surface area contributed by atoms with Crippen molar-refractivity contribution in [2.24, 2.45) is 0 Å². The van der Waals surface area contributed by atoms with E-state index >= 15 is 0 Å². The van der Waals surface area contributed by atoms with Crippen molar-refractivity contribution in [3.63, 3.8) is 0 Å². The number of carbonyl (C=O) groups is 3. The molecule has 8 nitrogen and oxygen atoms in total. The lowest BCUT2D eigenvalue weighted by atomic mass is 10.1. The Morgan fingerprint density at radius 3 is 2.40 bits per heavy atom. The summed E-state index contributed by atoms with van der Waals surface area (Å²) in [7, 11) is 0. The third-order valence-electron chi connectivity index (χ3n) is 4.99. The number of esters is 2. The van der Waals surface area contributed by atoms with Crippen LogP contribution >= 0.6 is 11.3 Å². The zero-order valence-corrected chi connectivity index (χ0v) is 20.7. The van der Waals surface area contributed by atoms with Crippen LogP contribution in [0, 0.1) is 6.92 Å². The van der Waals surface area contributed by atoms with Crippen LogP contribution in [0.2, 0.25) is 0 Å². The molecule has 0 bridgehead atoms. The van der Waals surface area contributed by atoms with Gasteiger partial charge in [-0.2, -0.15) is 0 Å². The molecule has 2 aromatic carbocycles. The van der Waals surface area contributed by atoms with E-state index in [1.54, 1.807) is 26.0 Å². The highest BCUT2D eigenvalue weighted by Gasteiger charge is 2.28. The van der Waals surface area contributed by atoms with Crippen LogP contribution in [0.1, 0.15) is 61.8 Å². The molecule has 9 heteroatoms. The normalized spacial score (nSPS) is 10.5. The molecule has 0 aliphatic heterocycles. The minimum atomic E-state index is -0.638. The van der Waals surface area contributed by atoms with E-state index in [-0.39, 0.29) is 34.2 Å². The van der Waals surface area contributed by atoms with Gasteiger partial charge in [-0.05, 0) is 49.6 Å². The molecule has 0 atom stereocenters. The van der Waals surface area contributed by atoms with E-state index in [1.165, 1.54) is 6.07 Å². The number of nitrogen functional groups attached to an aromatic ring is 1. The Kier molecular flexibility index (Phi) is 8.86. The molecule has 1 heterocycles. The van der Waals surface area contributed by atoms with Gasteiger partial charge in [0.2, 0.25) is 0 Å². The van der Waals surface area contributed by atoms with Crippen LogP contribution in [0.3, 0.4) is 0 Å². The van der Waals surface area contributed by atoms with Crippen LogP contribution in [0.15, 0.2) is 48.5 Å². The van der Waals surface area contributed by atoms with E-state index in [0.29, 0.717) is 23.6 Å². The Labute approximate surface area is 208 Å². The zero-order valence-electron chi connectivity index (χ0n) is 19.9. The van der Waals surface area contributed by atoms with Crippen molar-refractivity contribution in [1.29, 1.82) is 0 Å². The van der Waals surface area contributed by atoms with E-state index in [4.69, 9.17) is 19.9 Å². The van der Waals surface area contributed by atoms with Crippen molar-refractivity contribution in [2.45, 2.75) is 33.8 Å². The number of thiophene rings is 1. The molecule has 1 amide bonds. The monoisotopic (exact) mass is 496 g/mol. The highest BCUT2D eigenvalue weighted by Crippen LogP contribution is 2.35.